The molecule has 29 heavy (non-hydrogen) atoms. The van der Waals surface area contributed by atoms with Crippen LogP contribution in [0.3, 0.4) is 0 Å². The van der Waals surface area contributed by atoms with Crippen molar-refractivity contribution < 1.29 is 19.4 Å². The van der Waals surface area contributed by atoms with E-state index >= 15 is 0 Å². The van der Waals surface area contributed by atoms with Crippen LogP contribution in [0.15, 0.2) is 59.9 Å². The van der Waals surface area contributed by atoms with Crippen molar-refractivity contribution in [2.45, 2.75) is 38.3 Å². The van der Waals surface area contributed by atoms with Crippen LogP contribution in [0.5, 0.6) is 5.75 Å². The minimum atomic E-state index is -0.481. The van der Waals surface area contributed by atoms with Gasteiger partial charge in [0, 0.05) is 12.6 Å². The van der Waals surface area contributed by atoms with Crippen LogP contribution in [0.2, 0.25) is 5.02 Å². The van der Waals surface area contributed by atoms with Crippen LogP contribution in [0.1, 0.15) is 31.2 Å². The second kappa shape index (κ2) is 9.70. The maximum atomic E-state index is 12.3. The van der Waals surface area contributed by atoms with Gasteiger partial charge in [0.15, 0.2) is 0 Å². The van der Waals surface area contributed by atoms with E-state index in [1.54, 1.807) is 19.2 Å². The molecule has 1 atom stereocenters. The molecule has 1 aliphatic rings. The topological polar surface area (TPSA) is 59.0 Å². The smallest absolute Gasteiger partial charge is 0.337 e. The Morgan fingerprint density at radius 3 is 2.62 bits per heavy atom. The molecule has 0 bridgehead atoms. The van der Waals surface area contributed by atoms with E-state index < -0.39 is 12.0 Å². The molecule has 2 aromatic carbocycles. The lowest BCUT2D eigenvalue weighted by atomic mass is 10.0. The fourth-order valence-electron chi connectivity index (χ4n) is 3.72. The van der Waals surface area contributed by atoms with Gasteiger partial charge in [-0.15, -0.1) is 0 Å². The fraction of sp³-hybridized carbons (Fsp3) is 0.348. The van der Waals surface area contributed by atoms with Gasteiger partial charge in [0.1, 0.15) is 11.5 Å². The van der Waals surface area contributed by atoms with Crippen molar-refractivity contribution in [1.29, 1.82) is 0 Å². The molecule has 154 valence electrons. The summed E-state index contributed by atoms with van der Waals surface area (Å²) in [4.78, 5) is 14.3. The van der Waals surface area contributed by atoms with Crippen LogP contribution < -0.4 is 9.64 Å². The quantitative estimate of drug-likeness (QED) is 0.650. The third-order valence-electron chi connectivity index (χ3n) is 5.25. The Balaban J connectivity index is 2.10. The van der Waals surface area contributed by atoms with E-state index in [1.807, 2.05) is 41.3 Å². The van der Waals surface area contributed by atoms with E-state index in [-0.39, 0.29) is 5.76 Å². The van der Waals surface area contributed by atoms with Gasteiger partial charge in [-0.1, -0.05) is 48.4 Å². The van der Waals surface area contributed by atoms with Gasteiger partial charge in [-0.25, -0.2) is 4.79 Å². The zero-order valence-electron chi connectivity index (χ0n) is 16.7. The number of nitrogens with zero attached hydrogens (tertiary/aromatic N) is 1. The van der Waals surface area contributed by atoms with Crippen LogP contribution >= 0.6 is 11.6 Å². The highest BCUT2D eigenvalue weighted by molar-refractivity contribution is 6.33. The number of esters is 1. The summed E-state index contributed by atoms with van der Waals surface area (Å²) >= 11 is 6.56. The van der Waals surface area contributed by atoms with Crippen LogP contribution in [-0.2, 0) is 16.1 Å². The van der Waals surface area contributed by atoms with Crippen molar-refractivity contribution in [3.05, 3.63) is 70.4 Å². The maximum absolute atomic E-state index is 12.3. The SMILES string of the molecule is COC(=O)C1=C(O)C(N(Cc2ccccc2)c2cc(OC)ccc2Cl)CCCC1. The number of hydrogen-bond donors (Lipinski definition) is 1. The molecule has 3 rings (SSSR count). The van der Waals surface area contributed by atoms with Crippen molar-refractivity contribution in [1.82, 2.24) is 0 Å². The van der Waals surface area contributed by atoms with Crippen LogP contribution in [0.25, 0.3) is 0 Å². The number of ether oxygens (including phenoxy) is 2. The fourth-order valence-corrected chi connectivity index (χ4v) is 3.95. The summed E-state index contributed by atoms with van der Waals surface area (Å²) in [7, 11) is 2.94. The van der Waals surface area contributed by atoms with E-state index in [4.69, 9.17) is 21.1 Å². The van der Waals surface area contributed by atoms with E-state index in [0.29, 0.717) is 35.7 Å². The van der Waals surface area contributed by atoms with Crippen molar-refractivity contribution >= 4 is 23.3 Å². The number of aliphatic hydroxyl groups excluding tert-OH is 1. The molecule has 1 N–H and O–H groups in total. The van der Waals surface area contributed by atoms with Gasteiger partial charge in [0.05, 0.1) is 36.5 Å². The van der Waals surface area contributed by atoms with Crippen LogP contribution in [-0.4, -0.2) is 31.3 Å². The second-order valence-corrected chi connectivity index (χ2v) is 7.45. The molecular formula is C23H26ClNO4. The van der Waals surface area contributed by atoms with E-state index in [9.17, 15) is 9.90 Å². The number of anilines is 1. The van der Waals surface area contributed by atoms with Gasteiger partial charge in [-0.05, 0) is 37.0 Å². The average Bonchev–Trinajstić information content (AvgIpc) is 2.94. The molecule has 6 heteroatoms. The molecule has 5 nitrogen and oxygen atoms in total. The number of carbonyl (C=O) groups is 1. The standard InChI is InChI=1S/C23H26ClNO4/c1-28-17-12-13-19(24)21(14-17)25(15-16-8-4-3-5-9-16)20-11-7-6-10-18(22(20)26)23(27)29-2/h3-5,8-9,12-14,20,26H,6-7,10-11,15H2,1-2H3. The van der Waals surface area contributed by atoms with Crippen molar-refractivity contribution in [2.24, 2.45) is 0 Å². The molecule has 0 amide bonds. The van der Waals surface area contributed by atoms with Gasteiger partial charge in [-0.3, -0.25) is 0 Å². The average molecular weight is 416 g/mol. The highest BCUT2D eigenvalue weighted by atomic mass is 35.5. The second-order valence-electron chi connectivity index (χ2n) is 7.05. The highest BCUT2D eigenvalue weighted by Gasteiger charge is 2.31. The Hall–Kier alpha value is -2.66. The molecule has 1 aliphatic carbocycles. The lowest BCUT2D eigenvalue weighted by Gasteiger charge is -2.34. The van der Waals surface area contributed by atoms with Crippen LogP contribution in [0, 0.1) is 0 Å². The Kier molecular flexibility index (Phi) is 7.04. The number of hydrogen-bond acceptors (Lipinski definition) is 5. The van der Waals surface area contributed by atoms with E-state index in [1.165, 1.54) is 7.11 Å². The zero-order chi connectivity index (χ0) is 20.8. The summed E-state index contributed by atoms with van der Waals surface area (Å²) in [6.45, 7) is 0.525. The van der Waals surface area contributed by atoms with Crippen molar-refractivity contribution in [2.75, 3.05) is 19.1 Å². The molecule has 1 unspecified atom stereocenters. The molecule has 0 fully saturated rings. The number of methoxy groups -OCH3 is 2. The number of halogens is 1. The summed E-state index contributed by atoms with van der Waals surface area (Å²) in [6, 6.07) is 15.0. The lowest BCUT2D eigenvalue weighted by Crippen LogP contribution is -2.37. The Morgan fingerprint density at radius 1 is 1.17 bits per heavy atom. The van der Waals surface area contributed by atoms with Gasteiger partial charge in [-0.2, -0.15) is 0 Å². The minimum absolute atomic E-state index is 0.0594. The first-order valence-electron chi connectivity index (χ1n) is 9.69. The van der Waals surface area contributed by atoms with Gasteiger partial charge in [0.25, 0.3) is 0 Å². The van der Waals surface area contributed by atoms with Gasteiger partial charge in [0.2, 0.25) is 0 Å². The molecule has 2 aromatic rings. The Morgan fingerprint density at radius 2 is 1.93 bits per heavy atom. The molecule has 0 saturated heterocycles. The third-order valence-corrected chi connectivity index (χ3v) is 5.57. The Labute approximate surface area is 176 Å². The predicted octanol–water partition coefficient (Wildman–Crippen LogP) is 5.28. The lowest BCUT2D eigenvalue weighted by molar-refractivity contribution is -0.136. The van der Waals surface area contributed by atoms with E-state index in [2.05, 4.69) is 0 Å². The summed E-state index contributed by atoms with van der Waals surface area (Å²) in [5.41, 5.74) is 2.16. The first-order chi connectivity index (χ1) is 14.0. The van der Waals surface area contributed by atoms with Crippen molar-refractivity contribution in [3.63, 3.8) is 0 Å². The number of carbonyl (C=O) groups excluding carboxylic acids is 1. The summed E-state index contributed by atoms with van der Waals surface area (Å²) in [5, 5.41) is 11.7. The largest absolute Gasteiger partial charge is 0.510 e. The Bertz CT molecular complexity index is 882. The maximum Gasteiger partial charge on any atom is 0.337 e. The molecule has 0 aliphatic heterocycles. The predicted molar refractivity (Wildman–Crippen MR) is 115 cm³/mol. The first-order valence-corrected chi connectivity index (χ1v) is 10.1. The monoisotopic (exact) mass is 415 g/mol. The molecule has 0 saturated carbocycles. The first kappa shape index (κ1) is 21.1. The molecule has 0 aromatic heterocycles. The van der Waals surface area contributed by atoms with Gasteiger partial charge < -0.3 is 19.5 Å². The summed E-state index contributed by atoms with van der Waals surface area (Å²) < 4.78 is 10.3. The van der Waals surface area contributed by atoms with Crippen LogP contribution in [0.4, 0.5) is 5.69 Å². The number of rotatable bonds is 6. The van der Waals surface area contributed by atoms with E-state index in [0.717, 1.165) is 24.1 Å². The van der Waals surface area contributed by atoms with Gasteiger partial charge >= 0.3 is 5.97 Å². The number of benzene rings is 2. The summed E-state index contributed by atoms with van der Waals surface area (Å²) in [5.74, 6) is 0.253. The molecule has 0 spiro atoms. The molecule has 0 heterocycles. The summed E-state index contributed by atoms with van der Waals surface area (Å²) in [6.07, 6.45) is 2.89. The molecular weight excluding hydrogens is 390 g/mol. The number of aliphatic hydroxyl groups is 1. The highest BCUT2D eigenvalue weighted by Crippen LogP contribution is 2.37. The minimum Gasteiger partial charge on any atom is -0.510 e. The molecule has 0 radical (unpaired) electrons. The van der Waals surface area contributed by atoms with Crippen molar-refractivity contribution in [3.8, 4) is 5.75 Å². The third kappa shape index (κ3) is 4.85. The normalized spacial score (nSPS) is 16.9. The zero-order valence-corrected chi connectivity index (χ0v) is 17.5.